The number of nitrogens with one attached hydrogen (secondary N) is 2. The quantitative estimate of drug-likeness (QED) is 0.362. The molecule has 2 rings (SSSR count). The molecule has 144 valence electrons. The zero-order valence-electron chi connectivity index (χ0n) is 14.1. The van der Waals surface area contributed by atoms with E-state index in [1.165, 1.54) is 0 Å². The first-order valence-corrected chi connectivity index (χ1v) is 8.25. The highest BCUT2D eigenvalue weighted by molar-refractivity contribution is 14.0. The number of aliphatic imine (C=N–C) groups is 1. The predicted octanol–water partition coefficient (Wildman–Crippen LogP) is 3.09. The van der Waals surface area contributed by atoms with Crippen LogP contribution in [0.3, 0.4) is 0 Å². The maximum Gasteiger partial charge on any atom is 0.434 e. The summed E-state index contributed by atoms with van der Waals surface area (Å²) in [5, 5.41) is 7.61. The summed E-state index contributed by atoms with van der Waals surface area (Å²) in [6.45, 7) is 0.929. The van der Waals surface area contributed by atoms with Crippen molar-refractivity contribution >= 4 is 41.3 Å². The van der Waals surface area contributed by atoms with Gasteiger partial charge in [-0.3, -0.25) is 4.99 Å². The lowest BCUT2D eigenvalue weighted by Crippen LogP contribution is -2.37. The Morgan fingerprint density at radius 3 is 2.73 bits per heavy atom. The van der Waals surface area contributed by atoms with Gasteiger partial charge >= 0.3 is 6.18 Å². The van der Waals surface area contributed by atoms with E-state index in [1.807, 2.05) is 6.07 Å². The maximum absolute atomic E-state index is 12.5. The summed E-state index contributed by atoms with van der Waals surface area (Å²) in [6.07, 6.45) is -2.37. The first-order chi connectivity index (χ1) is 11.9. The molecule has 0 aromatic carbocycles. The van der Waals surface area contributed by atoms with Gasteiger partial charge in [-0.2, -0.15) is 13.2 Å². The van der Waals surface area contributed by atoms with Gasteiger partial charge in [-0.25, -0.2) is 9.97 Å². The van der Waals surface area contributed by atoms with E-state index in [0.717, 1.165) is 22.3 Å². The smallest absolute Gasteiger partial charge is 0.434 e. The van der Waals surface area contributed by atoms with Crippen LogP contribution in [0.15, 0.2) is 28.7 Å². The van der Waals surface area contributed by atoms with Crippen LogP contribution in [0, 0.1) is 0 Å². The molecule has 0 aliphatic carbocycles. The molecule has 26 heavy (non-hydrogen) atoms. The van der Waals surface area contributed by atoms with E-state index in [2.05, 4.69) is 25.6 Å². The number of thiazole rings is 1. The fourth-order valence-electron chi connectivity index (χ4n) is 1.92. The topological polar surface area (TPSA) is 71.4 Å². The number of halogens is 4. The zero-order valence-corrected chi connectivity index (χ0v) is 17.3. The van der Waals surface area contributed by atoms with Crippen LogP contribution < -0.4 is 15.4 Å². The molecule has 0 fully saturated rings. The van der Waals surface area contributed by atoms with Gasteiger partial charge in [0.25, 0.3) is 0 Å². The third kappa shape index (κ3) is 6.94. The standard InChI is InChI=1S/C15H18F3N5OS.HI/c1-19-14(22-8-10-3-5-20-12(7-10)24-2)21-6-4-13-23-11(9-25-13)15(16,17)18;/h3,5,7,9H,4,6,8H2,1-2H3,(H2,19,21,22);1H. The largest absolute Gasteiger partial charge is 0.481 e. The van der Waals surface area contributed by atoms with Gasteiger partial charge in [-0.15, -0.1) is 35.3 Å². The van der Waals surface area contributed by atoms with E-state index >= 15 is 0 Å². The molecular weight excluding hydrogens is 482 g/mol. The second kappa shape index (κ2) is 10.5. The number of hydrogen-bond donors (Lipinski definition) is 2. The highest BCUT2D eigenvalue weighted by Gasteiger charge is 2.33. The van der Waals surface area contributed by atoms with Gasteiger partial charge < -0.3 is 15.4 Å². The molecule has 0 spiro atoms. The van der Waals surface area contributed by atoms with Crippen LogP contribution in [0.4, 0.5) is 13.2 Å². The predicted molar refractivity (Wildman–Crippen MR) is 105 cm³/mol. The molecule has 2 N–H and O–H groups in total. The Bertz CT molecular complexity index is 723. The SMILES string of the molecule is CN=C(NCCc1nc(C(F)(F)F)cs1)NCc1ccnc(OC)c1.I. The number of ether oxygens (including phenoxy) is 1. The van der Waals surface area contributed by atoms with Crippen molar-refractivity contribution in [2.24, 2.45) is 4.99 Å². The van der Waals surface area contributed by atoms with Gasteiger partial charge in [0.15, 0.2) is 11.7 Å². The fraction of sp³-hybridized carbons (Fsp3) is 0.400. The van der Waals surface area contributed by atoms with Crippen LogP contribution in [0.5, 0.6) is 5.88 Å². The van der Waals surface area contributed by atoms with Crippen LogP contribution >= 0.6 is 35.3 Å². The van der Waals surface area contributed by atoms with E-state index < -0.39 is 11.9 Å². The Balaban J connectivity index is 0.00000338. The molecule has 0 unspecified atom stereocenters. The molecule has 0 aliphatic heterocycles. The lowest BCUT2D eigenvalue weighted by atomic mass is 10.2. The highest BCUT2D eigenvalue weighted by Crippen LogP contribution is 2.29. The molecule has 0 atom stereocenters. The molecule has 0 saturated carbocycles. The molecule has 0 amide bonds. The van der Waals surface area contributed by atoms with Crippen LogP contribution in [0.25, 0.3) is 0 Å². The average Bonchev–Trinajstić information content (AvgIpc) is 3.07. The van der Waals surface area contributed by atoms with Crippen molar-refractivity contribution in [2.75, 3.05) is 20.7 Å². The molecule has 2 aromatic heterocycles. The second-order valence-corrected chi connectivity index (χ2v) is 5.88. The van der Waals surface area contributed by atoms with Crippen molar-refractivity contribution in [1.29, 1.82) is 0 Å². The first-order valence-electron chi connectivity index (χ1n) is 7.37. The summed E-state index contributed by atoms with van der Waals surface area (Å²) in [5.41, 5.74) is 0.117. The van der Waals surface area contributed by atoms with Gasteiger partial charge in [0, 0.05) is 44.2 Å². The number of nitrogens with zero attached hydrogens (tertiary/aromatic N) is 3. The summed E-state index contributed by atoms with van der Waals surface area (Å²) >= 11 is 0.998. The average molecular weight is 501 g/mol. The number of methoxy groups -OCH3 is 1. The first kappa shape index (κ1) is 22.4. The Kier molecular flexibility index (Phi) is 9.05. The monoisotopic (exact) mass is 501 g/mol. The summed E-state index contributed by atoms with van der Waals surface area (Å²) in [5.74, 6) is 1.06. The second-order valence-electron chi connectivity index (χ2n) is 4.93. The molecule has 11 heteroatoms. The van der Waals surface area contributed by atoms with Crippen LogP contribution in [0.2, 0.25) is 0 Å². The van der Waals surface area contributed by atoms with E-state index in [0.29, 0.717) is 36.4 Å². The number of rotatable bonds is 6. The molecule has 2 heterocycles. The fourth-order valence-corrected chi connectivity index (χ4v) is 2.73. The lowest BCUT2D eigenvalue weighted by Gasteiger charge is -2.11. The zero-order chi connectivity index (χ0) is 18.3. The number of aromatic nitrogens is 2. The van der Waals surface area contributed by atoms with Crippen molar-refractivity contribution in [2.45, 2.75) is 19.1 Å². The van der Waals surface area contributed by atoms with Crippen LogP contribution in [-0.2, 0) is 19.1 Å². The minimum absolute atomic E-state index is 0. The number of pyridine rings is 1. The lowest BCUT2D eigenvalue weighted by molar-refractivity contribution is -0.140. The molecular formula is C15H19F3IN5OS. The molecule has 2 aromatic rings. The number of guanidine groups is 1. The van der Waals surface area contributed by atoms with Crippen molar-refractivity contribution in [3.63, 3.8) is 0 Å². The van der Waals surface area contributed by atoms with Crippen molar-refractivity contribution in [1.82, 2.24) is 20.6 Å². The van der Waals surface area contributed by atoms with E-state index in [9.17, 15) is 13.2 Å². The van der Waals surface area contributed by atoms with Crippen LogP contribution in [-0.4, -0.2) is 36.6 Å². The van der Waals surface area contributed by atoms with Gasteiger partial charge in [0.05, 0.1) is 12.1 Å². The van der Waals surface area contributed by atoms with Gasteiger partial charge in [-0.05, 0) is 11.6 Å². The number of hydrogen-bond acceptors (Lipinski definition) is 5. The maximum atomic E-state index is 12.5. The van der Waals surface area contributed by atoms with Gasteiger partial charge in [0.2, 0.25) is 5.88 Å². The van der Waals surface area contributed by atoms with Crippen molar-refractivity contribution in [3.8, 4) is 5.88 Å². The number of alkyl halides is 3. The van der Waals surface area contributed by atoms with Crippen molar-refractivity contribution in [3.05, 3.63) is 40.0 Å². The summed E-state index contributed by atoms with van der Waals surface area (Å²) in [7, 11) is 3.16. The molecule has 0 aliphatic rings. The molecule has 0 saturated heterocycles. The Labute approximate surface area is 170 Å². The van der Waals surface area contributed by atoms with E-state index in [-0.39, 0.29) is 24.0 Å². The molecule has 6 nitrogen and oxygen atoms in total. The van der Waals surface area contributed by atoms with Gasteiger partial charge in [0.1, 0.15) is 0 Å². The summed E-state index contributed by atoms with van der Waals surface area (Å²) in [4.78, 5) is 11.7. The van der Waals surface area contributed by atoms with E-state index in [1.54, 1.807) is 26.4 Å². The third-order valence-electron chi connectivity index (χ3n) is 3.17. The van der Waals surface area contributed by atoms with Gasteiger partial charge in [-0.1, -0.05) is 0 Å². The minimum atomic E-state index is -4.40. The molecule has 0 radical (unpaired) electrons. The molecule has 0 bridgehead atoms. The highest BCUT2D eigenvalue weighted by atomic mass is 127. The van der Waals surface area contributed by atoms with Crippen LogP contribution in [0.1, 0.15) is 16.3 Å². The summed E-state index contributed by atoms with van der Waals surface area (Å²) < 4.78 is 42.6. The summed E-state index contributed by atoms with van der Waals surface area (Å²) in [6, 6.07) is 3.64. The third-order valence-corrected chi connectivity index (χ3v) is 4.07. The van der Waals surface area contributed by atoms with E-state index in [4.69, 9.17) is 4.74 Å². The normalized spacial score (nSPS) is 11.7. The Hall–Kier alpha value is -1.63. The Morgan fingerprint density at radius 2 is 2.12 bits per heavy atom. The minimum Gasteiger partial charge on any atom is -0.481 e. The van der Waals surface area contributed by atoms with Crippen molar-refractivity contribution < 1.29 is 17.9 Å². The Morgan fingerprint density at radius 1 is 1.35 bits per heavy atom.